The average molecular weight is 252 g/mol. The van der Waals surface area contributed by atoms with Crippen molar-refractivity contribution in [1.82, 2.24) is 0 Å². The maximum absolute atomic E-state index is 5.87. The van der Waals surface area contributed by atoms with E-state index in [-0.39, 0.29) is 12.3 Å². The molecule has 0 spiro atoms. The van der Waals surface area contributed by atoms with Crippen LogP contribution in [0.2, 0.25) is 0 Å². The Morgan fingerprint density at radius 3 is 2.33 bits per heavy atom. The molecular formula is C14H24N2O2. The number of aryl methyl sites for hydroxylation is 1. The molecule has 0 aliphatic rings. The van der Waals surface area contributed by atoms with Gasteiger partial charge < -0.3 is 20.1 Å². The smallest absolute Gasteiger partial charge is 0.158 e. The van der Waals surface area contributed by atoms with Crippen LogP contribution in [0.3, 0.4) is 0 Å². The van der Waals surface area contributed by atoms with Crippen molar-refractivity contribution in [1.29, 1.82) is 0 Å². The SMILES string of the molecule is COC(CC(CN)N(C)c1ccccc1C)OC. The highest BCUT2D eigenvalue weighted by atomic mass is 16.7. The van der Waals surface area contributed by atoms with Crippen LogP contribution in [0.4, 0.5) is 5.69 Å². The lowest BCUT2D eigenvalue weighted by Crippen LogP contribution is -2.41. The number of methoxy groups -OCH3 is 2. The minimum atomic E-state index is -0.218. The quantitative estimate of drug-likeness (QED) is 0.751. The van der Waals surface area contributed by atoms with E-state index in [1.165, 1.54) is 11.3 Å². The normalized spacial score (nSPS) is 12.8. The first-order chi connectivity index (χ1) is 8.63. The zero-order valence-corrected chi connectivity index (χ0v) is 11.7. The van der Waals surface area contributed by atoms with E-state index in [0.717, 1.165) is 6.42 Å². The molecule has 0 aliphatic carbocycles. The minimum Gasteiger partial charge on any atom is -0.370 e. The molecule has 4 heteroatoms. The largest absolute Gasteiger partial charge is 0.370 e. The summed E-state index contributed by atoms with van der Waals surface area (Å²) < 4.78 is 10.5. The Labute approximate surface area is 110 Å². The number of nitrogens with zero attached hydrogens (tertiary/aromatic N) is 1. The predicted octanol–water partition coefficient (Wildman–Crippen LogP) is 1.77. The van der Waals surface area contributed by atoms with Crippen molar-refractivity contribution in [3.8, 4) is 0 Å². The highest BCUT2D eigenvalue weighted by Gasteiger charge is 2.19. The summed E-state index contributed by atoms with van der Waals surface area (Å²) in [5.41, 5.74) is 8.30. The van der Waals surface area contributed by atoms with Gasteiger partial charge in [-0.05, 0) is 18.6 Å². The molecule has 4 nitrogen and oxygen atoms in total. The van der Waals surface area contributed by atoms with Crippen molar-refractivity contribution in [3.63, 3.8) is 0 Å². The van der Waals surface area contributed by atoms with Gasteiger partial charge >= 0.3 is 0 Å². The van der Waals surface area contributed by atoms with Crippen LogP contribution >= 0.6 is 0 Å². The number of benzene rings is 1. The molecular weight excluding hydrogens is 228 g/mol. The Morgan fingerprint density at radius 2 is 1.83 bits per heavy atom. The monoisotopic (exact) mass is 252 g/mol. The van der Waals surface area contributed by atoms with Gasteiger partial charge in [-0.15, -0.1) is 0 Å². The molecule has 0 fully saturated rings. The zero-order chi connectivity index (χ0) is 13.5. The lowest BCUT2D eigenvalue weighted by atomic mass is 10.1. The summed E-state index contributed by atoms with van der Waals surface area (Å²) in [6.45, 7) is 2.66. The van der Waals surface area contributed by atoms with E-state index >= 15 is 0 Å². The standard InChI is InChI=1S/C14H24N2O2/c1-11-7-5-6-8-13(11)16(2)12(10-15)9-14(17-3)18-4/h5-8,12,14H,9-10,15H2,1-4H3. The molecule has 0 bridgehead atoms. The molecule has 0 radical (unpaired) electrons. The highest BCUT2D eigenvalue weighted by molar-refractivity contribution is 5.53. The third kappa shape index (κ3) is 3.70. The Bertz CT molecular complexity index is 353. The van der Waals surface area contributed by atoms with E-state index in [1.54, 1.807) is 14.2 Å². The van der Waals surface area contributed by atoms with Gasteiger partial charge in [-0.1, -0.05) is 18.2 Å². The topological polar surface area (TPSA) is 47.7 Å². The Kier molecular flexibility index (Phi) is 6.12. The fourth-order valence-corrected chi connectivity index (χ4v) is 2.08. The van der Waals surface area contributed by atoms with Gasteiger partial charge in [-0.2, -0.15) is 0 Å². The van der Waals surface area contributed by atoms with E-state index in [2.05, 4.69) is 31.0 Å². The fourth-order valence-electron chi connectivity index (χ4n) is 2.08. The number of para-hydroxylation sites is 1. The lowest BCUT2D eigenvalue weighted by Gasteiger charge is -2.32. The van der Waals surface area contributed by atoms with Gasteiger partial charge in [0.15, 0.2) is 6.29 Å². The third-order valence-corrected chi connectivity index (χ3v) is 3.31. The van der Waals surface area contributed by atoms with Crippen LogP contribution in [0, 0.1) is 6.92 Å². The molecule has 0 saturated heterocycles. The Hall–Kier alpha value is -1.10. The zero-order valence-electron chi connectivity index (χ0n) is 11.7. The van der Waals surface area contributed by atoms with E-state index < -0.39 is 0 Å². The van der Waals surface area contributed by atoms with Crippen molar-refractivity contribution in [2.75, 3.05) is 32.7 Å². The van der Waals surface area contributed by atoms with Crippen LogP contribution in [-0.2, 0) is 9.47 Å². The number of hydrogen-bond donors (Lipinski definition) is 1. The first-order valence-electron chi connectivity index (χ1n) is 6.18. The molecule has 1 aromatic carbocycles. The van der Waals surface area contributed by atoms with E-state index in [9.17, 15) is 0 Å². The predicted molar refractivity (Wildman–Crippen MR) is 74.8 cm³/mol. The Morgan fingerprint density at radius 1 is 1.22 bits per heavy atom. The molecule has 1 aromatic rings. The number of nitrogens with two attached hydrogens (primary N) is 1. The molecule has 1 atom stereocenters. The molecule has 2 N–H and O–H groups in total. The highest BCUT2D eigenvalue weighted by Crippen LogP contribution is 2.21. The second-order valence-electron chi connectivity index (χ2n) is 4.42. The molecule has 1 rings (SSSR count). The number of rotatable bonds is 7. The van der Waals surface area contributed by atoms with Crippen molar-refractivity contribution in [2.45, 2.75) is 25.7 Å². The van der Waals surface area contributed by atoms with Gasteiger partial charge in [0.1, 0.15) is 0 Å². The van der Waals surface area contributed by atoms with Crippen LogP contribution in [0.1, 0.15) is 12.0 Å². The third-order valence-electron chi connectivity index (χ3n) is 3.31. The number of anilines is 1. The van der Waals surface area contributed by atoms with Gasteiger partial charge in [-0.25, -0.2) is 0 Å². The van der Waals surface area contributed by atoms with Crippen LogP contribution in [-0.4, -0.2) is 40.1 Å². The van der Waals surface area contributed by atoms with Crippen molar-refractivity contribution in [2.24, 2.45) is 5.73 Å². The maximum atomic E-state index is 5.87. The number of hydrogen-bond acceptors (Lipinski definition) is 4. The van der Waals surface area contributed by atoms with Crippen molar-refractivity contribution in [3.05, 3.63) is 29.8 Å². The van der Waals surface area contributed by atoms with Gasteiger partial charge in [0.25, 0.3) is 0 Å². The van der Waals surface area contributed by atoms with Crippen molar-refractivity contribution < 1.29 is 9.47 Å². The summed E-state index contributed by atoms with van der Waals surface area (Å²) in [5, 5.41) is 0. The molecule has 1 unspecified atom stereocenters. The summed E-state index contributed by atoms with van der Waals surface area (Å²) in [4.78, 5) is 2.19. The molecule has 0 amide bonds. The van der Waals surface area contributed by atoms with Crippen LogP contribution in [0.5, 0.6) is 0 Å². The van der Waals surface area contributed by atoms with Gasteiger partial charge in [0.05, 0.1) is 0 Å². The summed E-state index contributed by atoms with van der Waals surface area (Å²) >= 11 is 0. The van der Waals surface area contributed by atoms with Crippen LogP contribution in [0.25, 0.3) is 0 Å². The van der Waals surface area contributed by atoms with E-state index in [1.807, 2.05) is 12.1 Å². The summed E-state index contributed by atoms with van der Waals surface area (Å²) in [6.07, 6.45) is 0.527. The molecule has 18 heavy (non-hydrogen) atoms. The number of ether oxygens (including phenoxy) is 2. The summed E-state index contributed by atoms with van der Waals surface area (Å²) in [5.74, 6) is 0. The van der Waals surface area contributed by atoms with Crippen LogP contribution < -0.4 is 10.6 Å². The maximum Gasteiger partial charge on any atom is 0.158 e. The lowest BCUT2D eigenvalue weighted by molar-refractivity contribution is -0.108. The van der Waals surface area contributed by atoms with E-state index in [4.69, 9.17) is 15.2 Å². The second kappa shape index (κ2) is 7.36. The molecule has 0 heterocycles. The second-order valence-corrected chi connectivity index (χ2v) is 4.42. The molecule has 0 aromatic heterocycles. The fraction of sp³-hybridized carbons (Fsp3) is 0.571. The van der Waals surface area contributed by atoms with Crippen molar-refractivity contribution >= 4 is 5.69 Å². The minimum absolute atomic E-state index is 0.191. The molecule has 102 valence electrons. The van der Waals surface area contributed by atoms with Gasteiger partial charge in [-0.3, -0.25) is 0 Å². The number of likely N-dealkylation sites (N-methyl/N-ethyl adjacent to an activating group) is 1. The first kappa shape index (κ1) is 15.0. The summed E-state index contributed by atoms with van der Waals surface area (Å²) in [6, 6.07) is 8.47. The molecule has 0 saturated carbocycles. The summed E-state index contributed by atoms with van der Waals surface area (Å²) in [7, 11) is 5.35. The average Bonchev–Trinajstić information content (AvgIpc) is 2.40. The Balaban J connectivity index is 2.79. The van der Waals surface area contributed by atoms with Gasteiger partial charge in [0, 0.05) is 46.0 Å². The van der Waals surface area contributed by atoms with Gasteiger partial charge in [0.2, 0.25) is 0 Å². The van der Waals surface area contributed by atoms with E-state index in [0.29, 0.717) is 6.54 Å². The van der Waals surface area contributed by atoms with Crippen LogP contribution in [0.15, 0.2) is 24.3 Å². The first-order valence-corrected chi connectivity index (χ1v) is 6.18. The molecule has 0 aliphatic heterocycles.